The summed E-state index contributed by atoms with van der Waals surface area (Å²) in [7, 11) is 0. The summed E-state index contributed by atoms with van der Waals surface area (Å²) in [5.74, 6) is 0.0317. The standard InChI is InChI=1S/C17H18ClNO/c1-2-13-5-10-16(11-6-13)19-17(20)12-7-14-3-8-15(18)9-4-14/h3-6,8-11H,2,7,12H2,1H3,(H,19,20). The molecule has 2 aromatic carbocycles. The van der Waals surface area contributed by atoms with Gasteiger partial charge in [-0.2, -0.15) is 0 Å². The molecule has 0 saturated heterocycles. The van der Waals surface area contributed by atoms with Gasteiger partial charge in [-0.05, 0) is 48.2 Å². The van der Waals surface area contributed by atoms with Crippen molar-refractivity contribution < 1.29 is 4.79 Å². The number of hydrogen-bond acceptors (Lipinski definition) is 1. The van der Waals surface area contributed by atoms with Gasteiger partial charge in [0.1, 0.15) is 0 Å². The molecule has 0 fully saturated rings. The largest absolute Gasteiger partial charge is 0.326 e. The summed E-state index contributed by atoms with van der Waals surface area (Å²) >= 11 is 5.83. The van der Waals surface area contributed by atoms with E-state index >= 15 is 0 Å². The molecule has 1 amide bonds. The molecule has 0 aliphatic heterocycles. The van der Waals surface area contributed by atoms with Crippen LogP contribution in [0.4, 0.5) is 5.69 Å². The molecule has 0 heterocycles. The average molecular weight is 288 g/mol. The van der Waals surface area contributed by atoms with Crippen LogP contribution in [0.15, 0.2) is 48.5 Å². The topological polar surface area (TPSA) is 29.1 Å². The maximum atomic E-state index is 11.9. The Bertz CT molecular complexity index is 561. The predicted molar refractivity (Wildman–Crippen MR) is 84.2 cm³/mol. The minimum absolute atomic E-state index is 0.0317. The molecule has 2 aromatic rings. The number of rotatable bonds is 5. The number of nitrogens with one attached hydrogen (secondary N) is 1. The minimum atomic E-state index is 0.0317. The second-order valence-electron chi connectivity index (χ2n) is 4.73. The van der Waals surface area contributed by atoms with Crippen LogP contribution in [0.25, 0.3) is 0 Å². The summed E-state index contributed by atoms with van der Waals surface area (Å²) in [4.78, 5) is 11.9. The summed E-state index contributed by atoms with van der Waals surface area (Å²) in [5, 5.41) is 3.63. The molecule has 20 heavy (non-hydrogen) atoms. The van der Waals surface area contributed by atoms with E-state index in [1.165, 1.54) is 5.56 Å². The smallest absolute Gasteiger partial charge is 0.224 e. The Kier molecular flexibility index (Phi) is 5.19. The highest BCUT2D eigenvalue weighted by Crippen LogP contribution is 2.13. The van der Waals surface area contributed by atoms with Crippen LogP contribution in [-0.2, 0) is 17.6 Å². The second kappa shape index (κ2) is 7.11. The maximum absolute atomic E-state index is 11.9. The Morgan fingerprint density at radius 3 is 2.20 bits per heavy atom. The normalized spacial score (nSPS) is 10.3. The molecule has 0 aliphatic rings. The average Bonchev–Trinajstić information content (AvgIpc) is 2.47. The van der Waals surface area contributed by atoms with E-state index in [9.17, 15) is 4.79 Å². The van der Waals surface area contributed by atoms with Crippen molar-refractivity contribution in [3.63, 3.8) is 0 Å². The van der Waals surface area contributed by atoms with Gasteiger partial charge in [0.05, 0.1) is 0 Å². The summed E-state index contributed by atoms with van der Waals surface area (Å²) < 4.78 is 0. The number of benzene rings is 2. The fraction of sp³-hybridized carbons (Fsp3) is 0.235. The zero-order valence-corrected chi connectivity index (χ0v) is 12.3. The molecule has 0 bridgehead atoms. The van der Waals surface area contributed by atoms with Gasteiger partial charge in [0.25, 0.3) is 0 Å². The van der Waals surface area contributed by atoms with Crippen LogP contribution >= 0.6 is 11.6 Å². The Balaban J connectivity index is 1.84. The first kappa shape index (κ1) is 14.6. The molecule has 0 unspecified atom stereocenters. The van der Waals surface area contributed by atoms with Crippen LogP contribution < -0.4 is 5.32 Å². The van der Waals surface area contributed by atoms with Gasteiger partial charge in [0, 0.05) is 17.1 Å². The lowest BCUT2D eigenvalue weighted by Gasteiger charge is -2.06. The number of anilines is 1. The highest BCUT2D eigenvalue weighted by atomic mass is 35.5. The van der Waals surface area contributed by atoms with Gasteiger partial charge in [-0.1, -0.05) is 42.8 Å². The van der Waals surface area contributed by atoms with Gasteiger partial charge in [-0.15, -0.1) is 0 Å². The molecular formula is C17H18ClNO. The van der Waals surface area contributed by atoms with Gasteiger partial charge < -0.3 is 5.32 Å². The second-order valence-corrected chi connectivity index (χ2v) is 5.16. The zero-order valence-electron chi connectivity index (χ0n) is 11.5. The van der Waals surface area contributed by atoms with Crippen molar-refractivity contribution in [1.29, 1.82) is 0 Å². The first-order chi connectivity index (χ1) is 9.67. The molecule has 0 aliphatic carbocycles. The molecule has 0 radical (unpaired) electrons. The summed E-state index contributed by atoms with van der Waals surface area (Å²) in [6.45, 7) is 2.11. The van der Waals surface area contributed by atoms with Crippen molar-refractivity contribution in [2.45, 2.75) is 26.2 Å². The molecule has 3 heteroatoms. The van der Waals surface area contributed by atoms with Crippen LogP contribution in [0, 0.1) is 0 Å². The number of hydrogen-bond donors (Lipinski definition) is 1. The highest BCUT2D eigenvalue weighted by molar-refractivity contribution is 6.30. The third kappa shape index (κ3) is 4.39. The quantitative estimate of drug-likeness (QED) is 0.863. The number of carbonyl (C=O) groups excluding carboxylic acids is 1. The van der Waals surface area contributed by atoms with Gasteiger partial charge in [-0.3, -0.25) is 4.79 Å². The third-order valence-electron chi connectivity index (χ3n) is 3.20. The Hall–Kier alpha value is -1.80. The monoisotopic (exact) mass is 287 g/mol. The number of amides is 1. The van der Waals surface area contributed by atoms with E-state index in [0.29, 0.717) is 11.4 Å². The van der Waals surface area contributed by atoms with E-state index in [4.69, 9.17) is 11.6 Å². The summed E-state index contributed by atoms with van der Waals surface area (Å²) in [5.41, 5.74) is 3.23. The summed E-state index contributed by atoms with van der Waals surface area (Å²) in [6.07, 6.45) is 2.19. The van der Waals surface area contributed by atoms with Crippen molar-refractivity contribution >= 4 is 23.2 Å². The fourth-order valence-electron chi connectivity index (χ4n) is 1.96. The van der Waals surface area contributed by atoms with E-state index in [0.717, 1.165) is 24.1 Å². The van der Waals surface area contributed by atoms with Crippen LogP contribution in [0.1, 0.15) is 24.5 Å². The Morgan fingerprint density at radius 1 is 1.00 bits per heavy atom. The molecular weight excluding hydrogens is 270 g/mol. The molecule has 2 nitrogen and oxygen atoms in total. The number of halogens is 1. The van der Waals surface area contributed by atoms with Gasteiger partial charge in [-0.25, -0.2) is 0 Å². The van der Waals surface area contributed by atoms with E-state index in [2.05, 4.69) is 12.2 Å². The van der Waals surface area contributed by atoms with Crippen molar-refractivity contribution in [3.05, 3.63) is 64.7 Å². The van der Waals surface area contributed by atoms with Crippen LogP contribution in [0.5, 0.6) is 0 Å². The molecule has 0 atom stereocenters. The number of carbonyl (C=O) groups is 1. The zero-order chi connectivity index (χ0) is 14.4. The van der Waals surface area contributed by atoms with Gasteiger partial charge in [0.15, 0.2) is 0 Å². The van der Waals surface area contributed by atoms with E-state index in [1.54, 1.807) is 0 Å². The van der Waals surface area contributed by atoms with E-state index in [-0.39, 0.29) is 5.91 Å². The lowest BCUT2D eigenvalue weighted by molar-refractivity contribution is -0.116. The van der Waals surface area contributed by atoms with Crippen LogP contribution in [0.2, 0.25) is 5.02 Å². The third-order valence-corrected chi connectivity index (χ3v) is 3.45. The minimum Gasteiger partial charge on any atom is -0.326 e. The molecule has 1 N–H and O–H groups in total. The maximum Gasteiger partial charge on any atom is 0.224 e. The SMILES string of the molecule is CCc1ccc(NC(=O)CCc2ccc(Cl)cc2)cc1. The van der Waals surface area contributed by atoms with Gasteiger partial charge in [0.2, 0.25) is 5.91 Å². The van der Waals surface area contributed by atoms with Gasteiger partial charge >= 0.3 is 0 Å². The predicted octanol–water partition coefficient (Wildman–Crippen LogP) is 4.47. The first-order valence-corrected chi connectivity index (χ1v) is 7.18. The van der Waals surface area contributed by atoms with Crippen molar-refractivity contribution in [2.75, 3.05) is 5.32 Å². The first-order valence-electron chi connectivity index (χ1n) is 6.80. The van der Waals surface area contributed by atoms with E-state index in [1.807, 2.05) is 48.5 Å². The highest BCUT2D eigenvalue weighted by Gasteiger charge is 2.03. The van der Waals surface area contributed by atoms with Crippen molar-refractivity contribution in [3.8, 4) is 0 Å². The lowest BCUT2D eigenvalue weighted by Crippen LogP contribution is -2.12. The molecule has 0 spiro atoms. The molecule has 0 aromatic heterocycles. The Morgan fingerprint density at radius 2 is 1.60 bits per heavy atom. The number of aryl methyl sites for hydroxylation is 2. The molecule has 2 rings (SSSR count). The fourth-order valence-corrected chi connectivity index (χ4v) is 2.08. The van der Waals surface area contributed by atoms with E-state index < -0.39 is 0 Å². The molecule has 104 valence electrons. The van der Waals surface area contributed by atoms with Crippen molar-refractivity contribution in [1.82, 2.24) is 0 Å². The Labute approximate surface area is 124 Å². The lowest BCUT2D eigenvalue weighted by atomic mass is 10.1. The van der Waals surface area contributed by atoms with Crippen molar-refractivity contribution in [2.24, 2.45) is 0 Å². The van der Waals surface area contributed by atoms with Crippen LogP contribution in [0.3, 0.4) is 0 Å². The van der Waals surface area contributed by atoms with Crippen LogP contribution in [-0.4, -0.2) is 5.91 Å². The molecule has 0 saturated carbocycles. The summed E-state index contributed by atoms with van der Waals surface area (Å²) in [6, 6.07) is 15.6.